The van der Waals surface area contributed by atoms with Gasteiger partial charge in [0.2, 0.25) is 12.0 Å². The number of hydrogen-bond donors (Lipinski definition) is 1. The number of carbonyl (C=O) groups is 2. The van der Waals surface area contributed by atoms with Crippen LogP contribution in [0.1, 0.15) is 12.8 Å². The third-order valence-electron chi connectivity index (χ3n) is 4.17. The van der Waals surface area contributed by atoms with Gasteiger partial charge in [0.05, 0.1) is 0 Å². The summed E-state index contributed by atoms with van der Waals surface area (Å²) in [6.45, 7) is 0.0377. The van der Waals surface area contributed by atoms with Crippen LogP contribution in [0.2, 0.25) is 0 Å². The number of nitrogens with zero attached hydrogens (tertiary/aromatic N) is 2. The van der Waals surface area contributed by atoms with Crippen molar-refractivity contribution in [3.05, 3.63) is 30.3 Å². The number of hydrogen-bond acceptors (Lipinski definition) is 3. The van der Waals surface area contributed by atoms with Crippen LogP contribution in [0.15, 0.2) is 30.3 Å². The minimum Gasteiger partial charge on any atom is -0.376 e. The Balaban J connectivity index is 1.93. The van der Waals surface area contributed by atoms with Crippen LogP contribution in [0.25, 0.3) is 0 Å². The Morgan fingerprint density at radius 3 is 2.25 bits per heavy atom. The van der Waals surface area contributed by atoms with Crippen molar-refractivity contribution >= 4 is 17.5 Å². The highest BCUT2D eigenvalue weighted by atomic mass is 19.4. The molecule has 8 heteroatoms. The van der Waals surface area contributed by atoms with Crippen molar-refractivity contribution in [2.24, 2.45) is 5.92 Å². The molecule has 1 fully saturated rings. The summed E-state index contributed by atoms with van der Waals surface area (Å²) in [7, 11) is 1.64. The summed E-state index contributed by atoms with van der Waals surface area (Å²) in [4.78, 5) is 26.6. The monoisotopic (exact) mass is 344 g/mol. The van der Waals surface area contributed by atoms with E-state index in [2.05, 4.69) is 0 Å². The Hall–Kier alpha value is -2.09. The minimum absolute atomic E-state index is 0.0189. The molecule has 0 bridgehead atoms. The first-order valence-electron chi connectivity index (χ1n) is 7.58. The van der Waals surface area contributed by atoms with E-state index in [1.165, 1.54) is 4.90 Å². The van der Waals surface area contributed by atoms with Gasteiger partial charge in [0.15, 0.2) is 0 Å². The topological polar surface area (TPSA) is 60.9 Å². The molecule has 5 nitrogen and oxygen atoms in total. The van der Waals surface area contributed by atoms with Crippen LogP contribution in [0.5, 0.6) is 0 Å². The van der Waals surface area contributed by atoms with Crippen molar-refractivity contribution < 1.29 is 27.9 Å². The summed E-state index contributed by atoms with van der Waals surface area (Å²) in [5.41, 5.74) is 0.730. The predicted molar refractivity (Wildman–Crippen MR) is 81.2 cm³/mol. The van der Waals surface area contributed by atoms with Crippen molar-refractivity contribution in [2.45, 2.75) is 25.1 Å². The summed E-state index contributed by atoms with van der Waals surface area (Å²) >= 11 is 0. The highest BCUT2D eigenvalue weighted by molar-refractivity contribution is 5.94. The lowest BCUT2D eigenvalue weighted by atomic mass is 9.95. The molecule has 2 amide bonds. The average Bonchev–Trinajstić information content (AvgIpc) is 2.59. The Labute approximate surface area is 137 Å². The first-order valence-corrected chi connectivity index (χ1v) is 7.58. The molecule has 1 aromatic rings. The number of aliphatic hydroxyl groups excluding tert-OH is 1. The van der Waals surface area contributed by atoms with Gasteiger partial charge in [-0.1, -0.05) is 18.2 Å². The number of anilines is 1. The summed E-state index contributed by atoms with van der Waals surface area (Å²) in [6.07, 6.45) is -7.44. The largest absolute Gasteiger partial charge is 0.423 e. The van der Waals surface area contributed by atoms with Gasteiger partial charge in [-0.25, -0.2) is 0 Å². The molecule has 2 rings (SSSR count). The van der Waals surface area contributed by atoms with Crippen LogP contribution in [-0.2, 0) is 9.59 Å². The summed E-state index contributed by atoms with van der Waals surface area (Å²) in [5, 5.41) is 9.03. The standard InChI is InChI=1S/C16H19F3N2O3/c1-20(12-5-3-2-4-6-12)14(23)11-7-9-21(10-8-11)15(24)13(22)16(17,18)19/h2-6,11,13,22H,7-10H2,1H3/t13-/m1/s1. The molecule has 0 spiro atoms. The van der Waals surface area contributed by atoms with E-state index in [1.807, 2.05) is 6.07 Å². The van der Waals surface area contributed by atoms with Crippen LogP contribution >= 0.6 is 0 Å². The maximum absolute atomic E-state index is 12.5. The second-order valence-corrected chi connectivity index (χ2v) is 5.78. The third-order valence-corrected chi connectivity index (χ3v) is 4.17. The number of aliphatic hydroxyl groups is 1. The quantitative estimate of drug-likeness (QED) is 0.910. The van der Waals surface area contributed by atoms with Gasteiger partial charge >= 0.3 is 6.18 Å². The lowest BCUT2D eigenvalue weighted by Crippen LogP contribution is -2.50. The molecule has 0 unspecified atom stereocenters. The molecule has 132 valence electrons. The normalized spacial score (nSPS) is 17.5. The van der Waals surface area contributed by atoms with E-state index < -0.39 is 18.2 Å². The highest BCUT2D eigenvalue weighted by Gasteiger charge is 2.46. The van der Waals surface area contributed by atoms with Crippen molar-refractivity contribution in [2.75, 3.05) is 25.0 Å². The number of likely N-dealkylation sites (tertiary alicyclic amines) is 1. The van der Waals surface area contributed by atoms with Crippen LogP contribution in [0.4, 0.5) is 18.9 Å². The first kappa shape index (κ1) is 18.3. The molecule has 1 heterocycles. The lowest BCUT2D eigenvalue weighted by molar-refractivity contribution is -0.211. The van der Waals surface area contributed by atoms with Gasteiger partial charge in [0.1, 0.15) is 0 Å². The van der Waals surface area contributed by atoms with Gasteiger partial charge in [0.25, 0.3) is 5.91 Å². The third kappa shape index (κ3) is 4.05. The van der Waals surface area contributed by atoms with Crippen molar-refractivity contribution in [1.29, 1.82) is 0 Å². The van der Waals surface area contributed by atoms with Gasteiger partial charge in [0, 0.05) is 31.7 Å². The maximum atomic E-state index is 12.5. The Morgan fingerprint density at radius 1 is 1.21 bits per heavy atom. The molecule has 0 aromatic heterocycles. The Bertz CT molecular complexity index is 584. The van der Waals surface area contributed by atoms with Crippen molar-refractivity contribution in [1.82, 2.24) is 4.90 Å². The molecule has 1 saturated heterocycles. The van der Waals surface area contributed by atoms with Crippen LogP contribution in [0.3, 0.4) is 0 Å². The zero-order chi connectivity index (χ0) is 17.9. The fraction of sp³-hybridized carbons (Fsp3) is 0.500. The van der Waals surface area contributed by atoms with E-state index >= 15 is 0 Å². The molecule has 0 aliphatic carbocycles. The summed E-state index contributed by atoms with van der Waals surface area (Å²) in [6, 6.07) is 9.02. The van der Waals surface area contributed by atoms with E-state index in [-0.39, 0.29) is 37.8 Å². The minimum atomic E-state index is -4.97. The molecule has 1 atom stereocenters. The number of halogens is 3. The number of rotatable bonds is 3. The molecule has 24 heavy (non-hydrogen) atoms. The zero-order valence-electron chi connectivity index (χ0n) is 13.2. The number of amides is 2. The van der Waals surface area contributed by atoms with E-state index in [4.69, 9.17) is 5.11 Å². The molecule has 0 radical (unpaired) electrons. The van der Waals surface area contributed by atoms with Gasteiger partial charge < -0.3 is 14.9 Å². The number of benzene rings is 1. The summed E-state index contributed by atoms with van der Waals surface area (Å²) < 4.78 is 37.2. The van der Waals surface area contributed by atoms with E-state index in [0.29, 0.717) is 0 Å². The number of piperidine rings is 1. The molecular weight excluding hydrogens is 325 g/mol. The number of alkyl halides is 3. The molecule has 0 saturated carbocycles. The molecule has 1 aromatic carbocycles. The SMILES string of the molecule is CN(C(=O)C1CCN(C(=O)[C@@H](O)C(F)(F)F)CC1)c1ccccc1. The Kier molecular flexibility index (Phi) is 5.48. The fourth-order valence-electron chi connectivity index (χ4n) is 2.71. The zero-order valence-corrected chi connectivity index (χ0v) is 13.2. The fourth-order valence-corrected chi connectivity index (χ4v) is 2.71. The molecule has 1 aliphatic heterocycles. The second kappa shape index (κ2) is 7.21. The van der Waals surface area contributed by atoms with Crippen LogP contribution in [0, 0.1) is 5.92 Å². The van der Waals surface area contributed by atoms with Crippen molar-refractivity contribution in [3.8, 4) is 0 Å². The van der Waals surface area contributed by atoms with Gasteiger partial charge in [-0.05, 0) is 25.0 Å². The number of para-hydroxylation sites is 1. The van der Waals surface area contributed by atoms with Crippen LogP contribution < -0.4 is 4.90 Å². The lowest BCUT2D eigenvalue weighted by Gasteiger charge is -2.34. The van der Waals surface area contributed by atoms with E-state index in [1.54, 1.807) is 31.3 Å². The first-order chi connectivity index (χ1) is 11.2. The summed E-state index contributed by atoms with van der Waals surface area (Å²) in [5.74, 6) is -1.85. The Morgan fingerprint density at radius 2 is 1.75 bits per heavy atom. The predicted octanol–water partition coefficient (Wildman–Crippen LogP) is 1.81. The molecule has 1 N–H and O–H groups in total. The maximum Gasteiger partial charge on any atom is 0.423 e. The molecule has 1 aliphatic rings. The van der Waals surface area contributed by atoms with E-state index in [9.17, 15) is 22.8 Å². The van der Waals surface area contributed by atoms with Gasteiger partial charge in [-0.2, -0.15) is 13.2 Å². The average molecular weight is 344 g/mol. The molecular formula is C16H19F3N2O3. The second-order valence-electron chi connectivity index (χ2n) is 5.78. The smallest absolute Gasteiger partial charge is 0.376 e. The highest BCUT2D eigenvalue weighted by Crippen LogP contribution is 2.26. The van der Waals surface area contributed by atoms with E-state index in [0.717, 1.165) is 10.6 Å². The van der Waals surface area contributed by atoms with Gasteiger partial charge in [-0.3, -0.25) is 9.59 Å². The van der Waals surface area contributed by atoms with Crippen molar-refractivity contribution in [3.63, 3.8) is 0 Å². The van der Waals surface area contributed by atoms with Gasteiger partial charge in [-0.15, -0.1) is 0 Å². The van der Waals surface area contributed by atoms with Crippen LogP contribution in [-0.4, -0.2) is 54.2 Å². The number of carbonyl (C=O) groups excluding carboxylic acids is 2.